The van der Waals surface area contributed by atoms with Gasteiger partial charge in [-0.2, -0.15) is 0 Å². The van der Waals surface area contributed by atoms with Gasteiger partial charge in [0.2, 0.25) is 0 Å². The van der Waals surface area contributed by atoms with E-state index in [0.29, 0.717) is 6.54 Å². The molecule has 0 aliphatic carbocycles. The summed E-state index contributed by atoms with van der Waals surface area (Å²) in [5.41, 5.74) is 0. The number of hydrogen-bond donors (Lipinski definition) is 1. The van der Waals surface area contributed by atoms with Crippen molar-refractivity contribution in [3.8, 4) is 0 Å². The van der Waals surface area contributed by atoms with E-state index in [2.05, 4.69) is 5.32 Å². The van der Waals surface area contributed by atoms with Crippen LogP contribution in [0, 0.1) is 0 Å². The Bertz CT molecular complexity index is 95.0. The Balaban J connectivity index is 3.78. The third kappa shape index (κ3) is 2.56. The van der Waals surface area contributed by atoms with Gasteiger partial charge in [0.1, 0.15) is 0 Å². The molecule has 0 aliphatic rings. The van der Waals surface area contributed by atoms with E-state index in [4.69, 9.17) is 0 Å². The zero-order valence-electron chi connectivity index (χ0n) is 6.13. The second-order valence-electron chi connectivity index (χ2n) is 2.17. The summed E-state index contributed by atoms with van der Waals surface area (Å²) in [7, 11) is 0. The van der Waals surface area contributed by atoms with E-state index >= 15 is 0 Å². The maximum absolute atomic E-state index is 12.3. The van der Waals surface area contributed by atoms with Crippen molar-refractivity contribution >= 4 is 0 Å². The molecule has 1 N–H and O–H groups in total. The van der Waals surface area contributed by atoms with Gasteiger partial charge in [-0.15, -0.1) is 0 Å². The van der Waals surface area contributed by atoms with Gasteiger partial charge >= 0.3 is 0 Å². The van der Waals surface area contributed by atoms with Crippen LogP contribution in [0.4, 0.5) is 13.2 Å². The number of rotatable bonds is 4. The molecule has 0 aliphatic heterocycles. The highest BCUT2D eigenvalue weighted by Gasteiger charge is 2.35. The highest BCUT2D eigenvalue weighted by molar-refractivity contribution is 4.77. The van der Waals surface area contributed by atoms with Crippen molar-refractivity contribution in [2.75, 3.05) is 13.2 Å². The van der Waals surface area contributed by atoms with Gasteiger partial charge in [-0.1, -0.05) is 6.92 Å². The Morgan fingerprint density at radius 2 is 2.00 bits per heavy atom. The minimum absolute atomic E-state index is 0.427. The van der Waals surface area contributed by atoms with E-state index in [-0.39, 0.29) is 0 Å². The number of nitrogens with one attached hydrogen (secondary N) is 1. The molecule has 0 radical (unpaired) electrons. The molecule has 4 heteroatoms. The second kappa shape index (κ2) is 3.81. The van der Waals surface area contributed by atoms with Crippen LogP contribution < -0.4 is 5.32 Å². The monoisotopic (exact) mass is 155 g/mol. The lowest BCUT2D eigenvalue weighted by Gasteiger charge is -2.20. The fourth-order valence-corrected chi connectivity index (χ4v) is 0.571. The largest absolute Gasteiger partial charge is 0.309 e. The van der Waals surface area contributed by atoms with Crippen molar-refractivity contribution in [2.24, 2.45) is 0 Å². The molecule has 1 nitrogen and oxygen atoms in total. The Hall–Kier alpha value is -0.250. The Morgan fingerprint density at radius 1 is 1.50 bits per heavy atom. The smallest absolute Gasteiger partial charge is 0.290 e. The molecule has 0 rings (SSSR count). The summed E-state index contributed by atoms with van der Waals surface area (Å²) in [5, 5.41) is 2.45. The Labute approximate surface area is 58.6 Å². The summed E-state index contributed by atoms with van der Waals surface area (Å²) in [4.78, 5) is 0. The molecule has 1 atom stereocenters. The molecule has 0 saturated heterocycles. The third-order valence-electron chi connectivity index (χ3n) is 1.32. The second-order valence-corrected chi connectivity index (χ2v) is 2.17. The van der Waals surface area contributed by atoms with Crippen LogP contribution in [0.15, 0.2) is 0 Å². The molecule has 0 fully saturated rings. The molecule has 0 aromatic heterocycles. The molecule has 1 unspecified atom stereocenters. The fraction of sp³-hybridized carbons (Fsp3) is 1.00. The molecular weight excluding hydrogens is 143 g/mol. The summed E-state index contributed by atoms with van der Waals surface area (Å²) in [5.74, 6) is -3.23. The lowest BCUT2D eigenvalue weighted by Crippen LogP contribution is -2.44. The standard InChI is InChI=1S/C6H12F3N/c1-3-10-5(2)6(8,9)4-7/h5,10H,3-4H2,1-2H3. The minimum atomic E-state index is -3.23. The molecule has 0 spiro atoms. The van der Waals surface area contributed by atoms with Gasteiger partial charge in [0.25, 0.3) is 5.92 Å². The van der Waals surface area contributed by atoms with Crippen molar-refractivity contribution < 1.29 is 13.2 Å². The van der Waals surface area contributed by atoms with Crippen LogP contribution in [-0.4, -0.2) is 25.2 Å². The predicted molar refractivity (Wildman–Crippen MR) is 34.1 cm³/mol. The molecule has 10 heavy (non-hydrogen) atoms. The highest BCUT2D eigenvalue weighted by Crippen LogP contribution is 2.18. The zero-order chi connectivity index (χ0) is 8.20. The molecular formula is C6H12F3N. The minimum Gasteiger partial charge on any atom is -0.309 e. The SMILES string of the molecule is CCNC(C)C(F)(F)CF. The lowest BCUT2D eigenvalue weighted by atomic mass is 10.2. The maximum atomic E-state index is 12.3. The van der Waals surface area contributed by atoms with Crippen molar-refractivity contribution in [1.82, 2.24) is 5.32 Å². The number of hydrogen-bond acceptors (Lipinski definition) is 1. The first-order valence-corrected chi connectivity index (χ1v) is 3.21. The summed E-state index contributed by atoms with van der Waals surface area (Å²) in [6, 6.07) is -1.08. The summed E-state index contributed by atoms with van der Waals surface area (Å²) in [6.45, 7) is 1.80. The average Bonchev–Trinajstić information content (AvgIpc) is 1.89. The van der Waals surface area contributed by atoms with E-state index in [0.717, 1.165) is 0 Å². The number of halogens is 3. The van der Waals surface area contributed by atoms with Gasteiger partial charge < -0.3 is 5.32 Å². The molecule has 0 heterocycles. The van der Waals surface area contributed by atoms with Crippen molar-refractivity contribution in [3.63, 3.8) is 0 Å². The predicted octanol–water partition coefficient (Wildman–Crippen LogP) is 1.59. The fourth-order valence-electron chi connectivity index (χ4n) is 0.571. The van der Waals surface area contributed by atoms with Gasteiger partial charge in [-0.05, 0) is 13.5 Å². The van der Waals surface area contributed by atoms with Crippen LogP contribution in [0.1, 0.15) is 13.8 Å². The van der Waals surface area contributed by atoms with Crippen LogP contribution in [0.3, 0.4) is 0 Å². The molecule has 62 valence electrons. The molecule has 0 bridgehead atoms. The molecule has 0 aromatic rings. The van der Waals surface area contributed by atoms with Crippen LogP contribution >= 0.6 is 0 Å². The highest BCUT2D eigenvalue weighted by atomic mass is 19.3. The summed E-state index contributed by atoms with van der Waals surface area (Å²) in [6.07, 6.45) is 0. The summed E-state index contributed by atoms with van der Waals surface area (Å²) >= 11 is 0. The van der Waals surface area contributed by atoms with E-state index in [9.17, 15) is 13.2 Å². The average molecular weight is 155 g/mol. The first-order valence-electron chi connectivity index (χ1n) is 3.21. The zero-order valence-corrected chi connectivity index (χ0v) is 6.13. The van der Waals surface area contributed by atoms with E-state index in [1.807, 2.05) is 0 Å². The van der Waals surface area contributed by atoms with Crippen LogP contribution in [0.25, 0.3) is 0 Å². The van der Waals surface area contributed by atoms with Gasteiger partial charge in [-0.3, -0.25) is 0 Å². The molecule has 0 amide bonds. The Kier molecular flexibility index (Phi) is 3.71. The first-order chi connectivity index (χ1) is 4.54. The molecule has 0 aromatic carbocycles. The topological polar surface area (TPSA) is 12.0 Å². The Morgan fingerprint density at radius 3 is 2.30 bits per heavy atom. The van der Waals surface area contributed by atoms with Gasteiger partial charge in [0.15, 0.2) is 6.67 Å². The number of alkyl halides is 3. The van der Waals surface area contributed by atoms with E-state index in [1.54, 1.807) is 6.92 Å². The summed E-state index contributed by atoms with van der Waals surface area (Å²) < 4.78 is 36.1. The maximum Gasteiger partial charge on any atom is 0.290 e. The third-order valence-corrected chi connectivity index (χ3v) is 1.32. The van der Waals surface area contributed by atoms with E-state index < -0.39 is 18.6 Å². The normalized spacial score (nSPS) is 15.3. The van der Waals surface area contributed by atoms with Crippen molar-refractivity contribution in [2.45, 2.75) is 25.8 Å². The van der Waals surface area contributed by atoms with Gasteiger partial charge in [0, 0.05) is 0 Å². The van der Waals surface area contributed by atoms with Crippen LogP contribution in [-0.2, 0) is 0 Å². The van der Waals surface area contributed by atoms with Crippen molar-refractivity contribution in [3.05, 3.63) is 0 Å². The molecule has 0 saturated carbocycles. The van der Waals surface area contributed by atoms with Gasteiger partial charge in [0.05, 0.1) is 6.04 Å². The first kappa shape index (κ1) is 9.75. The van der Waals surface area contributed by atoms with Crippen LogP contribution in [0.5, 0.6) is 0 Å². The van der Waals surface area contributed by atoms with Crippen LogP contribution in [0.2, 0.25) is 0 Å². The van der Waals surface area contributed by atoms with E-state index in [1.165, 1.54) is 6.92 Å². The van der Waals surface area contributed by atoms with Gasteiger partial charge in [-0.25, -0.2) is 13.2 Å². The lowest BCUT2D eigenvalue weighted by molar-refractivity contribution is -0.0507. The quantitative estimate of drug-likeness (QED) is 0.650. The van der Waals surface area contributed by atoms with Crippen molar-refractivity contribution in [1.29, 1.82) is 0 Å².